The van der Waals surface area contributed by atoms with Crippen LogP contribution in [0.2, 0.25) is 0 Å². The molecule has 1 aliphatic rings. The van der Waals surface area contributed by atoms with Gasteiger partial charge in [-0.1, -0.05) is 42.5 Å². The Labute approximate surface area is 185 Å². The van der Waals surface area contributed by atoms with Gasteiger partial charge in [-0.15, -0.1) is 0 Å². The van der Waals surface area contributed by atoms with E-state index in [2.05, 4.69) is 15.0 Å². The van der Waals surface area contributed by atoms with Crippen molar-refractivity contribution < 1.29 is 23.5 Å². The number of aryl methyl sites for hydroxylation is 3. The number of esters is 1. The van der Waals surface area contributed by atoms with Crippen LogP contribution < -0.4 is 5.32 Å². The number of nitrogens with one attached hydrogen (secondary N) is 1. The van der Waals surface area contributed by atoms with E-state index >= 15 is 0 Å². The zero-order valence-corrected chi connectivity index (χ0v) is 17.8. The smallest absolute Gasteiger partial charge is 0.415 e. The maximum absolute atomic E-state index is 12.6. The first-order chi connectivity index (χ1) is 15.5. The molecule has 1 unspecified atom stereocenters. The summed E-state index contributed by atoms with van der Waals surface area (Å²) in [5.41, 5.74) is 3.44. The standard InChI is InChI=1S/C25H24N2O5/c1-16-20(26-23(31-16)19-7-3-2-4-8-19)14-15-22(28)18-12-10-17(11-13-18)6-5-9-21-24(29)32-25(30)27-21/h2-4,7-8,10-13,21H,5-6,9,14-15H2,1H3,(H,27,30). The van der Waals surface area contributed by atoms with Crippen molar-refractivity contribution in [2.75, 3.05) is 0 Å². The molecule has 1 fully saturated rings. The van der Waals surface area contributed by atoms with Crippen LogP contribution in [0.3, 0.4) is 0 Å². The van der Waals surface area contributed by atoms with E-state index in [0.717, 1.165) is 35.4 Å². The maximum Gasteiger partial charge on any atom is 0.415 e. The average Bonchev–Trinajstić information content (AvgIpc) is 3.33. The van der Waals surface area contributed by atoms with Gasteiger partial charge in [0.05, 0.1) is 5.69 Å². The van der Waals surface area contributed by atoms with E-state index in [4.69, 9.17) is 4.42 Å². The van der Waals surface area contributed by atoms with Crippen molar-refractivity contribution in [1.82, 2.24) is 10.3 Å². The lowest BCUT2D eigenvalue weighted by Crippen LogP contribution is -2.28. The molecular formula is C25H24N2O5. The Bertz CT molecular complexity index is 1120. The molecule has 1 atom stereocenters. The van der Waals surface area contributed by atoms with Crippen molar-refractivity contribution in [3.63, 3.8) is 0 Å². The Kier molecular flexibility index (Phi) is 6.44. The number of carbonyl (C=O) groups is 3. The van der Waals surface area contributed by atoms with E-state index in [0.29, 0.717) is 30.7 Å². The van der Waals surface area contributed by atoms with Crippen LogP contribution in [0.15, 0.2) is 59.0 Å². The third-order valence-electron chi connectivity index (χ3n) is 5.51. The van der Waals surface area contributed by atoms with Crippen LogP contribution in [0.1, 0.15) is 46.6 Å². The van der Waals surface area contributed by atoms with E-state index < -0.39 is 18.1 Å². The predicted molar refractivity (Wildman–Crippen MR) is 117 cm³/mol. The molecule has 7 nitrogen and oxygen atoms in total. The zero-order valence-electron chi connectivity index (χ0n) is 17.8. The Morgan fingerprint density at radius 1 is 1.03 bits per heavy atom. The van der Waals surface area contributed by atoms with Gasteiger partial charge in [0.2, 0.25) is 5.89 Å². The van der Waals surface area contributed by atoms with Crippen molar-refractivity contribution in [1.29, 1.82) is 0 Å². The highest BCUT2D eigenvalue weighted by atomic mass is 16.6. The Hall–Kier alpha value is -3.74. The van der Waals surface area contributed by atoms with Gasteiger partial charge in [0.15, 0.2) is 5.78 Å². The first-order valence-corrected chi connectivity index (χ1v) is 10.7. The molecule has 164 valence electrons. The first kappa shape index (κ1) is 21.5. The second kappa shape index (κ2) is 9.60. The zero-order chi connectivity index (χ0) is 22.5. The largest absolute Gasteiger partial charge is 0.441 e. The highest BCUT2D eigenvalue weighted by Gasteiger charge is 2.31. The summed E-state index contributed by atoms with van der Waals surface area (Å²) in [6.07, 6.45) is 2.18. The normalized spacial score (nSPS) is 15.5. The number of carbonyl (C=O) groups excluding carboxylic acids is 3. The lowest BCUT2D eigenvalue weighted by Gasteiger charge is -2.06. The Morgan fingerprint density at radius 2 is 1.78 bits per heavy atom. The predicted octanol–water partition coefficient (Wildman–Crippen LogP) is 4.42. The van der Waals surface area contributed by atoms with Crippen LogP contribution in [0.4, 0.5) is 4.79 Å². The minimum absolute atomic E-state index is 0.0524. The molecule has 1 saturated heterocycles. The number of aromatic nitrogens is 1. The molecule has 0 radical (unpaired) electrons. The SMILES string of the molecule is Cc1oc(-c2ccccc2)nc1CCC(=O)c1ccc(CCCC2NC(=O)OC2=O)cc1. The number of alkyl carbamates (subject to hydrolysis) is 1. The minimum Gasteiger partial charge on any atom is -0.441 e. The average molecular weight is 432 g/mol. The Balaban J connectivity index is 1.27. The fraction of sp³-hybridized carbons (Fsp3) is 0.280. The lowest BCUT2D eigenvalue weighted by molar-refractivity contribution is -0.135. The molecule has 1 aliphatic heterocycles. The van der Waals surface area contributed by atoms with Crippen LogP contribution in [0.5, 0.6) is 0 Å². The fourth-order valence-corrected chi connectivity index (χ4v) is 3.69. The van der Waals surface area contributed by atoms with Gasteiger partial charge in [-0.25, -0.2) is 14.6 Å². The number of nitrogens with zero attached hydrogens (tertiary/aromatic N) is 1. The summed E-state index contributed by atoms with van der Waals surface area (Å²) in [5, 5.41) is 2.49. The molecular weight excluding hydrogens is 408 g/mol. The topological polar surface area (TPSA) is 98.5 Å². The number of rotatable bonds is 9. The van der Waals surface area contributed by atoms with E-state index in [1.165, 1.54) is 0 Å². The Morgan fingerprint density at radius 3 is 2.47 bits per heavy atom. The summed E-state index contributed by atoms with van der Waals surface area (Å²) in [5.74, 6) is 0.834. The van der Waals surface area contributed by atoms with Gasteiger partial charge in [0.25, 0.3) is 0 Å². The third-order valence-corrected chi connectivity index (χ3v) is 5.51. The second-order valence-electron chi connectivity index (χ2n) is 7.81. The van der Waals surface area contributed by atoms with Crippen molar-refractivity contribution in [3.05, 3.63) is 77.2 Å². The van der Waals surface area contributed by atoms with Crippen LogP contribution in [0.25, 0.3) is 11.5 Å². The van der Waals surface area contributed by atoms with Crippen LogP contribution in [0, 0.1) is 6.92 Å². The number of ether oxygens (including phenoxy) is 1. The number of Topliss-reactive ketones (excluding diaryl/α,β-unsaturated/α-hetero) is 1. The maximum atomic E-state index is 12.6. The number of cyclic esters (lactones) is 2. The van der Waals surface area contributed by atoms with Gasteiger partial charge in [0.1, 0.15) is 11.8 Å². The van der Waals surface area contributed by atoms with Gasteiger partial charge in [-0.05, 0) is 43.9 Å². The quantitative estimate of drug-likeness (QED) is 0.305. The van der Waals surface area contributed by atoms with Crippen molar-refractivity contribution in [2.45, 2.75) is 45.1 Å². The number of benzene rings is 2. The van der Waals surface area contributed by atoms with Crippen LogP contribution >= 0.6 is 0 Å². The molecule has 0 spiro atoms. The van der Waals surface area contributed by atoms with E-state index in [-0.39, 0.29) is 5.78 Å². The number of oxazole rings is 1. The number of amides is 1. The van der Waals surface area contributed by atoms with E-state index in [1.54, 1.807) is 0 Å². The monoisotopic (exact) mass is 432 g/mol. The molecule has 1 N–H and O–H groups in total. The molecule has 1 aromatic heterocycles. The molecule has 0 saturated carbocycles. The summed E-state index contributed by atoms with van der Waals surface area (Å²) in [6.45, 7) is 1.87. The van der Waals surface area contributed by atoms with Gasteiger partial charge in [0, 0.05) is 24.0 Å². The van der Waals surface area contributed by atoms with E-state index in [1.807, 2.05) is 61.5 Å². The molecule has 3 aromatic rings. The lowest BCUT2D eigenvalue weighted by atomic mass is 10.0. The molecule has 0 bridgehead atoms. The summed E-state index contributed by atoms with van der Waals surface area (Å²) < 4.78 is 10.2. The van der Waals surface area contributed by atoms with E-state index in [9.17, 15) is 14.4 Å². The van der Waals surface area contributed by atoms with Crippen molar-refractivity contribution in [3.8, 4) is 11.5 Å². The highest BCUT2D eigenvalue weighted by Crippen LogP contribution is 2.22. The van der Waals surface area contributed by atoms with Crippen molar-refractivity contribution >= 4 is 17.8 Å². The van der Waals surface area contributed by atoms with Crippen LogP contribution in [-0.2, 0) is 22.4 Å². The third kappa shape index (κ3) is 5.11. The number of hydrogen-bond acceptors (Lipinski definition) is 6. The molecule has 1 amide bonds. The van der Waals surface area contributed by atoms with Gasteiger partial charge < -0.3 is 14.5 Å². The molecule has 32 heavy (non-hydrogen) atoms. The summed E-state index contributed by atoms with van der Waals surface area (Å²) in [7, 11) is 0. The fourth-order valence-electron chi connectivity index (χ4n) is 3.69. The molecule has 0 aliphatic carbocycles. The van der Waals surface area contributed by atoms with Crippen LogP contribution in [-0.4, -0.2) is 28.9 Å². The second-order valence-corrected chi connectivity index (χ2v) is 7.81. The van der Waals surface area contributed by atoms with Crippen molar-refractivity contribution in [2.24, 2.45) is 0 Å². The highest BCUT2D eigenvalue weighted by molar-refractivity contribution is 5.96. The van der Waals surface area contributed by atoms with Gasteiger partial charge in [-0.2, -0.15) is 0 Å². The minimum atomic E-state index is -0.681. The summed E-state index contributed by atoms with van der Waals surface area (Å²) in [6, 6.07) is 16.6. The van der Waals surface area contributed by atoms with Gasteiger partial charge in [-0.3, -0.25) is 4.79 Å². The summed E-state index contributed by atoms with van der Waals surface area (Å²) in [4.78, 5) is 39.7. The number of ketones is 1. The molecule has 2 heterocycles. The van der Waals surface area contributed by atoms with Gasteiger partial charge >= 0.3 is 12.1 Å². The number of hydrogen-bond donors (Lipinski definition) is 1. The molecule has 4 rings (SSSR count). The molecule has 2 aromatic carbocycles. The summed E-state index contributed by atoms with van der Waals surface area (Å²) >= 11 is 0. The first-order valence-electron chi connectivity index (χ1n) is 10.7. The molecule has 7 heteroatoms.